The summed E-state index contributed by atoms with van der Waals surface area (Å²) < 4.78 is 11.2. The number of hydrogen-bond donors (Lipinski definition) is 1. The molecule has 1 saturated heterocycles. The van der Waals surface area contributed by atoms with Gasteiger partial charge in [0.2, 0.25) is 0 Å². The highest BCUT2D eigenvalue weighted by atomic mass is 16.5. The molecule has 1 heterocycles. The normalized spacial score (nSPS) is 16.4. The molecule has 3 rings (SSSR count). The van der Waals surface area contributed by atoms with Crippen LogP contribution in [0.25, 0.3) is 0 Å². The van der Waals surface area contributed by atoms with Gasteiger partial charge < -0.3 is 14.8 Å². The summed E-state index contributed by atoms with van der Waals surface area (Å²) >= 11 is 0. The van der Waals surface area contributed by atoms with Crippen LogP contribution in [0, 0.1) is 18.3 Å². The minimum absolute atomic E-state index is 0.0811. The Hall–Kier alpha value is -2.88. The summed E-state index contributed by atoms with van der Waals surface area (Å²) in [6, 6.07) is 17.4. The Morgan fingerprint density at radius 2 is 1.97 bits per heavy atom. The fraction of sp³-hybridized carbons (Fsp3) is 0.391. The smallest absolute Gasteiger partial charge is 0.260 e. The second-order valence-corrected chi connectivity index (χ2v) is 7.22. The SMILES string of the molecule is Cc1ccc(C(CNC(=O)C(C)Oc2cccc(C#N)c2)N2CCOCC2)cc1. The molecule has 6 nitrogen and oxygen atoms in total. The van der Waals surface area contributed by atoms with Crippen LogP contribution in [-0.4, -0.2) is 49.8 Å². The van der Waals surface area contributed by atoms with Crippen LogP contribution < -0.4 is 10.1 Å². The van der Waals surface area contributed by atoms with Crippen molar-refractivity contribution in [1.82, 2.24) is 10.2 Å². The maximum absolute atomic E-state index is 12.6. The van der Waals surface area contributed by atoms with Gasteiger partial charge in [0.25, 0.3) is 5.91 Å². The number of morpholine rings is 1. The van der Waals surface area contributed by atoms with Crippen molar-refractivity contribution in [3.63, 3.8) is 0 Å². The molecule has 29 heavy (non-hydrogen) atoms. The van der Waals surface area contributed by atoms with Crippen LogP contribution in [0.3, 0.4) is 0 Å². The third kappa shape index (κ3) is 5.80. The van der Waals surface area contributed by atoms with Gasteiger partial charge in [0, 0.05) is 19.6 Å². The highest BCUT2D eigenvalue weighted by Crippen LogP contribution is 2.22. The second kappa shape index (κ2) is 10.1. The molecular weight excluding hydrogens is 366 g/mol. The van der Waals surface area contributed by atoms with Crippen molar-refractivity contribution in [1.29, 1.82) is 5.26 Å². The first-order valence-corrected chi connectivity index (χ1v) is 9.89. The van der Waals surface area contributed by atoms with Crippen LogP contribution in [0.15, 0.2) is 48.5 Å². The van der Waals surface area contributed by atoms with E-state index in [4.69, 9.17) is 14.7 Å². The topological polar surface area (TPSA) is 74.6 Å². The van der Waals surface area contributed by atoms with E-state index in [1.165, 1.54) is 11.1 Å². The van der Waals surface area contributed by atoms with E-state index in [-0.39, 0.29) is 11.9 Å². The Labute approximate surface area is 172 Å². The molecule has 6 heteroatoms. The average Bonchev–Trinajstić information content (AvgIpc) is 2.75. The predicted molar refractivity (Wildman–Crippen MR) is 111 cm³/mol. The molecule has 2 aromatic rings. The molecule has 152 valence electrons. The predicted octanol–water partition coefficient (Wildman–Crippen LogP) is 2.82. The first-order chi connectivity index (χ1) is 14.1. The van der Waals surface area contributed by atoms with E-state index in [9.17, 15) is 4.79 Å². The molecule has 1 fully saturated rings. The monoisotopic (exact) mass is 393 g/mol. The first-order valence-electron chi connectivity index (χ1n) is 9.89. The number of rotatable bonds is 7. The minimum atomic E-state index is -0.660. The van der Waals surface area contributed by atoms with Crippen molar-refractivity contribution in [2.24, 2.45) is 0 Å². The fourth-order valence-corrected chi connectivity index (χ4v) is 3.37. The maximum atomic E-state index is 12.6. The van der Waals surface area contributed by atoms with E-state index >= 15 is 0 Å². The van der Waals surface area contributed by atoms with Gasteiger partial charge in [-0.05, 0) is 37.6 Å². The highest BCUT2D eigenvalue weighted by Gasteiger charge is 2.24. The summed E-state index contributed by atoms with van der Waals surface area (Å²) in [6.45, 7) is 7.34. The Bertz CT molecular complexity index is 854. The van der Waals surface area contributed by atoms with E-state index < -0.39 is 6.10 Å². The number of ether oxygens (including phenoxy) is 2. The van der Waals surface area contributed by atoms with Gasteiger partial charge >= 0.3 is 0 Å². The third-order valence-corrected chi connectivity index (χ3v) is 5.06. The lowest BCUT2D eigenvalue weighted by molar-refractivity contribution is -0.127. The molecule has 0 spiro atoms. The van der Waals surface area contributed by atoms with Crippen molar-refractivity contribution in [2.75, 3.05) is 32.8 Å². The first kappa shape index (κ1) is 20.8. The molecule has 0 saturated carbocycles. The minimum Gasteiger partial charge on any atom is -0.481 e. The molecule has 1 aliphatic heterocycles. The van der Waals surface area contributed by atoms with Crippen molar-refractivity contribution in [2.45, 2.75) is 26.0 Å². The molecule has 2 aromatic carbocycles. The lowest BCUT2D eigenvalue weighted by Gasteiger charge is -2.35. The van der Waals surface area contributed by atoms with Gasteiger partial charge in [-0.1, -0.05) is 35.9 Å². The van der Waals surface area contributed by atoms with Crippen LogP contribution in [0.2, 0.25) is 0 Å². The largest absolute Gasteiger partial charge is 0.481 e. The molecule has 2 unspecified atom stereocenters. The van der Waals surface area contributed by atoms with Crippen molar-refractivity contribution in [3.05, 3.63) is 65.2 Å². The number of amides is 1. The summed E-state index contributed by atoms with van der Waals surface area (Å²) in [4.78, 5) is 15.0. The van der Waals surface area contributed by atoms with E-state index in [1.54, 1.807) is 31.2 Å². The van der Waals surface area contributed by atoms with Gasteiger partial charge in [-0.2, -0.15) is 5.26 Å². The second-order valence-electron chi connectivity index (χ2n) is 7.22. The van der Waals surface area contributed by atoms with Gasteiger partial charge in [-0.15, -0.1) is 0 Å². The van der Waals surface area contributed by atoms with E-state index in [2.05, 4.69) is 47.5 Å². The Balaban J connectivity index is 1.63. The van der Waals surface area contributed by atoms with E-state index in [0.29, 0.717) is 31.1 Å². The number of carbonyl (C=O) groups is 1. The van der Waals surface area contributed by atoms with Crippen LogP contribution in [0.1, 0.15) is 29.7 Å². The lowest BCUT2D eigenvalue weighted by atomic mass is 10.0. The van der Waals surface area contributed by atoms with Gasteiger partial charge in [-0.3, -0.25) is 9.69 Å². The Kier molecular flexibility index (Phi) is 7.23. The van der Waals surface area contributed by atoms with E-state index in [0.717, 1.165) is 13.1 Å². The fourth-order valence-electron chi connectivity index (χ4n) is 3.37. The van der Waals surface area contributed by atoms with Crippen LogP contribution >= 0.6 is 0 Å². The molecule has 0 aliphatic carbocycles. The number of benzene rings is 2. The zero-order valence-corrected chi connectivity index (χ0v) is 16.9. The van der Waals surface area contributed by atoms with Crippen LogP contribution in [-0.2, 0) is 9.53 Å². The lowest BCUT2D eigenvalue weighted by Crippen LogP contribution is -2.45. The number of aryl methyl sites for hydroxylation is 1. The molecule has 1 amide bonds. The Morgan fingerprint density at radius 3 is 2.66 bits per heavy atom. The van der Waals surface area contributed by atoms with E-state index in [1.807, 2.05) is 0 Å². The average molecular weight is 393 g/mol. The quantitative estimate of drug-likeness (QED) is 0.783. The van der Waals surface area contributed by atoms with Gasteiger partial charge in [0.15, 0.2) is 6.10 Å². The van der Waals surface area contributed by atoms with Gasteiger partial charge in [-0.25, -0.2) is 0 Å². The highest BCUT2D eigenvalue weighted by molar-refractivity contribution is 5.80. The summed E-state index contributed by atoms with van der Waals surface area (Å²) in [5.41, 5.74) is 2.88. The number of nitriles is 1. The zero-order valence-electron chi connectivity index (χ0n) is 16.9. The summed E-state index contributed by atoms with van der Waals surface area (Å²) in [7, 11) is 0. The maximum Gasteiger partial charge on any atom is 0.260 e. The zero-order chi connectivity index (χ0) is 20.6. The number of carbonyl (C=O) groups excluding carboxylic acids is 1. The van der Waals surface area contributed by atoms with Crippen LogP contribution in [0.5, 0.6) is 5.75 Å². The standard InChI is InChI=1S/C23H27N3O3/c1-17-6-8-20(9-7-17)22(26-10-12-28-13-11-26)16-25-23(27)18(2)29-21-5-3-4-19(14-21)15-24/h3-9,14,18,22H,10-13,16H2,1-2H3,(H,25,27). The van der Waals surface area contributed by atoms with Crippen LogP contribution in [0.4, 0.5) is 0 Å². The molecule has 2 atom stereocenters. The molecular formula is C23H27N3O3. The molecule has 1 aliphatic rings. The number of nitrogens with one attached hydrogen (secondary N) is 1. The van der Waals surface area contributed by atoms with Crippen molar-refractivity contribution in [3.8, 4) is 11.8 Å². The molecule has 0 aromatic heterocycles. The summed E-state index contributed by atoms with van der Waals surface area (Å²) in [5, 5.41) is 12.0. The summed E-state index contributed by atoms with van der Waals surface area (Å²) in [6.07, 6.45) is -0.660. The summed E-state index contributed by atoms with van der Waals surface area (Å²) in [5.74, 6) is 0.327. The molecule has 1 N–H and O–H groups in total. The van der Waals surface area contributed by atoms with Crippen molar-refractivity contribution >= 4 is 5.91 Å². The van der Waals surface area contributed by atoms with Crippen molar-refractivity contribution < 1.29 is 14.3 Å². The van der Waals surface area contributed by atoms with Gasteiger partial charge in [0.1, 0.15) is 5.75 Å². The number of nitrogens with zero attached hydrogens (tertiary/aromatic N) is 2. The molecule has 0 radical (unpaired) electrons. The number of hydrogen-bond acceptors (Lipinski definition) is 5. The Morgan fingerprint density at radius 1 is 1.24 bits per heavy atom. The van der Waals surface area contributed by atoms with Gasteiger partial charge in [0.05, 0.1) is 30.9 Å². The molecule has 0 bridgehead atoms. The third-order valence-electron chi connectivity index (χ3n) is 5.06.